The second kappa shape index (κ2) is 10.6. The van der Waals surface area contributed by atoms with E-state index in [4.69, 9.17) is 15.3 Å². The molecule has 54 valence electrons. The molecule has 0 aromatic carbocycles. The summed E-state index contributed by atoms with van der Waals surface area (Å²) >= 11 is 0. The number of rotatable bonds is 0. The number of hydrogen-bond donors (Lipinski definition) is 4. The average Bonchev–Trinajstić information content (AvgIpc) is 1.25. The molecule has 0 saturated carbocycles. The monoisotopic (exact) mass is 329 g/mol. The zero-order chi connectivity index (χ0) is 7.15. The van der Waals surface area contributed by atoms with Crippen molar-refractivity contribution in [3.05, 3.63) is 0 Å². The molecule has 0 aliphatic heterocycles. The normalized spacial score (nSPS) is 5.44. The summed E-state index contributed by atoms with van der Waals surface area (Å²) in [6, 6.07) is 0. The molecule has 0 aliphatic rings. The van der Waals surface area contributed by atoms with Crippen LogP contribution >= 0.6 is 0 Å². The van der Waals surface area contributed by atoms with Crippen LogP contribution in [0.15, 0.2) is 0 Å². The van der Waals surface area contributed by atoms with Crippen LogP contribution in [0.25, 0.3) is 0 Å². The zero-order valence-electron chi connectivity index (χ0n) is 5.22. The number of carbonyl (C=O) groups is 1. The van der Waals surface area contributed by atoms with Crippen molar-refractivity contribution in [2.45, 2.75) is 6.92 Å². The standard InChI is InChI=1S/C2H4O2.CH5N3.Pb.2H/c1-2(3)4;2-1(3)4;;;/h1H3,(H,3,4);(H5,2,3,4);;;. The van der Waals surface area contributed by atoms with Crippen LogP contribution in [0.1, 0.15) is 6.92 Å². The van der Waals surface area contributed by atoms with Gasteiger partial charge >= 0.3 is 27.3 Å². The van der Waals surface area contributed by atoms with Gasteiger partial charge in [-0.1, -0.05) is 0 Å². The summed E-state index contributed by atoms with van der Waals surface area (Å²) in [5, 5.41) is 13.5. The zero-order valence-corrected chi connectivity index (χ0v) is 10.7. The molecule has 5 nitrogen and oxygen atoms in total. The van der Waals surface area contributed by atoms with Crippen molar-refractivity contribution in [2.24, 2.45) is 11.5 Å². The van der Waals surface area contributed by atoms with Gasteiger partial charge in [0.25, 0.3) is 5.97 Å². The maximum absolute atomic E-state index is 9.00. The molecular formula is C3H11N3O2Pb. The quantitative estimate of drug-likeness (QED) is 0.234. The Hall–Kier alpha value is -0.338. The molecule has 0 aromatic rings. The second-order valence-electron chi connectivity index (χ2n) is 0.974. The molecule has 0 unspecified atom stereocenters. The molecule has 9 heavy (non-hydrogen) atoms. The number of nitrogens with two attached hydrogens (primary N) is 2. The Balaban J connectivity index is -0.0000000720. The molecule has 0 rings (SSSR count). The van der Waals surface area contributed by atoms with Crippen LogP contribution in [0.4, 0.5) is 0 Å². The summed E-state index contributed by atoms with van der Waals surface area (Å²) in [4.78, 5) is 9.00. The first-order valence-electron chi connectivity index (χ1n) is 1.76. The summed E-state index contributed by atoms with van der Waals surface area (Å²) in [6.45, 7) is 1.08. The summed E-state index contributed by atoms with van der Waals surface area (Å²) in [5.74, 6) is -1.17. The fourth-order valence-corrected chi connectivity index (χ4v) is 0. The van der Waals surface area contributed by atoms with Crippen LogP contribution < -0.4 is 11.5 Å². The van der Waals surface area contributed by atoms with Crippen molar-refractivity contribution in [3.8, 4) is 0 Å². The van der Waals surface area contributed by atoms with Gasteiger partial charge in [0, 0.05) is 6.92 Å². The molecule has 0 aromatic heterocycles. The van der Waals surface area contributed by atoms with Gasteiger partial charge in [0.15, 0.2) is 5.96 Å². The van der Waals surface area contributed by atoms with Crippen molar-refractivity contribution in [1.82, 2.24) is 0 Å². The van der Waals surface area contributed by atoms with Crippen molar-refractivity contribution < 1.29 is 9.90 Å². The van der Waals surface area contributed by atoms with Crippen LogP contribution in [-0.2, 0) is 4.79 Å². The van der Waals surface area contributed by atoms with Gasteiger partial charge in [-0.25, -0.2) is 0 Å². The first-order chi connectivity index (χ1) is 3.46. The minimum absolute atomic E-state index is 0. The number of hydrogen-bond acceptors (Lipinski definition) is 2. The van der Waals surface area contributed by atoms with Crippen LogP contribution in [0, 0.1) is 5.41 Å². The summed E-state index contributed by atoms with van der Waals surface area (Å²) in [6.07, 6.45) is 0. The predicted molar refractivity (Wildman–Crippen MR) is 38.0 cm³/mol. The number of guanidine groups is 1. The van der Waals surface area contributed by atoms with Crippen LogP contribution in [0.5, 0.6) is 0 Å². The van der Waals surface area contributed by atoms with Gasteiger partial charge in [-0.2, -0.15) is 0 Å². The van der Waals surface area contributed by atoms with Crippen molar-refractivity contribution in [1.29, 1.82) is 5.41 Å². The van der Waals surface area contributed by atoms with Crippen molar-refractivity contribution in [3.63, 3.8) is 0 Å². The predicted octanol–water partition coefficient (Wildman–Crippen LogP) is -1.99. The fourth-order valence-electron chi connectivity index (χ4n) is 0. The Morgan fingerprint density at radius 2 is 1.56 bits per heavy atom. The molecule has 2 radical (unpaired) electrons. The molecule has 0 saturated heterocycles. The molecule has 0 fully saturated rings. The Labute approximate surface area is 73.1 Å². The maximum atomic E-state index is 9.00. The van der Waals surface area contributed by atoms with Gasteiger partial charge in [-0.15, -0.1) is 0 Å². The Morgan fingerprint density at radius 3 is 1.56 bits per heavy atom. The van der Waals surface area contributed by atoms with E-state index in [0.29, 0.717) is 0 Å². The van der Waals surface area contributed by atoms with Gasteiger partial charge < -0.3 is 16.6 Å². The number of carboxylic acid groups (broad SMARTS) is 1. The Bertz CT molecular complexity index is 75.1. The van der Waals surface area contributed by atoms with Crippen molar-refractivity contribution >= 4 is 39.2 Å². The van der Waals surface area contributed by atoms with Crippen LogP contribution in [-0.4, -0.2) is 44.3 Å². The average molecular weight is 328 g/mol. The number of aliphatic carboxylic acids is 1. The molecule has 0 aliphatic carbocycles. The number of nitrogens with one attached hydrogen (secondary N) is 1. The minimum atomic E-state index is -0.833. The first-order valence-corrected chi connectivity index (χ1v) is 1.76. The molecule has 0 amide bonds. The molecule has 6 N–H and O–H groups in total. The van der Waals surface area contributed by atoms with Gasteiger partial charge in [-0.3, -0.25) is 10.2 Å². The first kappa shape index (κ1) is 15.9. The van der Waals surface area contributed by atoms with E-state index in [9.17, 15) is 0 Å². The van der Waals surface area contributed by atoms with Gasteiger partial charge in [0.2, 0.25) is 0 Å². The molecule has 0 spiro atoms. The Morgan fingerprint density at radius 1 is 1.56 bits per heavy atom. The third-order valence-electron chi connectivity index (χ3n) is 0. The van der Waals surface area contributed by atoms with E-state index in [-0.39, 0.29) is 33.3 Å². The SMILES string of the molecule is CC(=O)O.N=C(N)N.[PbH2]. The van der Waals surface area contributed by atoms with Gasteiger partial charge in [0.1, 0.15) is 0 Å². The summed E-state index contributed by atoms with van der Waals surface area (Å²) in [7, 11) is 0. The van der Waals surface area contributed by atoms with E-state index in [2.05, 4.69) is 11.5 Å². The molecular weight excluding hydrogens is 317 g/mol. The van der Waals surface area contributed by atoms with E-state index < -0.39 is 5.97 Å². The Kier molecular flexibility index (Phi) is 18.7. The van der Waals surface area contributed by atoms with Crippen LogP contribution in [0.3, 0.4) is 0 Å². The van der Waals surface area contributed by atoms with E-state index in [1.165, 1.54) is 0 Å². The van der Waals surface area contributed by atoms with Gasteiger partial charge in [0.05, 0.1) is 0 Å². The third-order valence-corrected chi connectivity index (χ3v) is 0. The topological polar surface area (TPSA) is 113 Å². The summed E-state index contributed by atoms with van der Waals surface area (Å²) in [5.41, 5.74) is 8.94. The van der Waals surface area contributed by atoms with E-state index in [1.807, 2.05) is 0 Å². The van der Waals surface area contributed by atoms with Crippen molar-refractivity contribution in [2.75, 3.05) is 0 Å². The number of carboxylic acids is 1. The van der Waals surface area contributed by atoms with E-state index in [1.54, 1.807) is 0 Å². The van der Waals surface area contributed by atoms with E-state index >= 15 is 0 Å². The fraction of sp³-hybridized carbons (Fsp3) is 0.333. The molecule has 6 heteroatoms. The molecule has 0 atom stereocenters. The van der Waals surface area contributed by atoms with Crippen LogP contribution in [0.2, 0.25) is 0 Å². The second-order valence-corrected chi connectivity index (χ2v) is 0.974. The summed E-state index contributed by atoms with van der Waals surface area (Å²) < 4.78 is 0. The van der Waals surface area contributed by atoms with Gasteiger partial charge in [-0.05, 0) is 0 Å². The van der Waals surface area contributed by atoms with E-state index in [0.717, 1.165) is 6.92 Å². The third kappa shape index (κ3) is 2150. The molecule has 0 heterocycles. The molecule has 0 bridgehead atoms.